The summed E-state index contributed by atoms with van der Waals surface area (Å²) < 4.78 is 26.6. The second-order valence-electron chi connectivity index (χ2n) is 8.75. The molecule has 1 heterocycles. The zero-order valence-electron chi connectivity index (χ0n) is 16.9. The molecule has 1 aliphatic rings. The predicted molar refractivity (Wildman–Crippen MR) is 112 cm³/mol. The molecule has 3 rings (SSSR count). The summed E-state index contributed by atoms with van der Waals surface area (Å²) in [6.07, 6.45) is 8.29. The van der Waals surface area contributed by atoms with Crippen molar-refractivity contribution in [1.29, 1.82) is 0 Å². The van der Waals surface area contributed by atoms with Crippen LogP contribution in [0.15, 0.2) is 72.1 Å². The number of aromatic nitrogens is 1. The maximum Gasteiger partial charge on any atom is 0.247 e. The molecule has 144 valence electrons. The summed E-state index contributed by atoms with van der Waals surface area (Å²) in [4.78, 5) is 0. The van der Waals surface area contributed by atoms with E-state index in [4.69, 9.17) is 0 Å². The minimum absolute atomic E-state index is 0.130. The lowest BCUT2D eigenvalue weighted by Crippen LogP contribution is -2.39. The van der Waals surface area contributed by atoms with Gasteiger partial charge in [0, 0.05) is 12.4 Å². The Morgan fingerprint density at radius 2 is 1.67 bits per heavy atom. The summed E-state index contributed by atoms with van der Waals surface area (Å²) in [6, 6.07) is 12.2. The number of benzene rings is 1. The number of hydrogen-bond donors (Lipinski definition) is 0. The number of hydrogen-bond acceptors (Lipinski definition) is 2. The lowest BCUT2D eigenvalue weighted by molar-refractivity contribution is 0.547. The Morgan fingerprint density at radius 1 is 1.07 bits per heavy atom. The summed E-state index contributed by atoms with van der Waals surface area (Å²) in [5.74, 6) is 0. The van der Waals surface area contributed by atoms with Crippen molar-refractivity contribution >= 4 is 10.0 Å². The number of rotatable bonds is 4. The average Bonchev–Trinajstić information content (AvgIpc) is 3.13. The highest BCUT2D eigenvalue weighted by Crippen LogP contribution is 2.36. The van der Waals surface area contributed by atoms with E-state index in [1.807, 2.05) is 19.1 Å². The molecule has 3 nitrogen and oxygen atoms in total. The normalized spacial score (nSPS) is 20.9. The largest absolute Gasteiger partial charge is 0.252 e. The van der Waals surface area contributed by atoms with Crippen LogP contribution >= 0.6 is 0 Å². The molecular weight excluding hydrogens is 354 g/mol. The molecule has 1 aromatic heterocycles. The topological polar surface area (TPSA) is 39.1 Å². The highest BCUT2D eigenvalue weighted by molar-refractivity contribution is 7.91. The molecule has 2 aromatic rings. The van der Waals surface area contributed by atoms with Gasteiger partial charge in [0.15, 0.2) is 0 Å². The van der Waals surface area contributed by atoms with E-state index in [2.05, 4.69) is 52.0 Å². The molecule has 0 amide bonds. The molecule has 1 aromatic carbocycles. The Balaban J connectivity index is 1.86. The summed E-state index contributed by atoms with van der Waals surface area (Å²) in [5.41, 5.74) is 4.99. The van der Waals surface area contributed by atoms with Gasteiger partial charge < -0.3 is 0 Å². The van der Waals surface area contributed by atoms with E-state index < -0.39 is 14.8 Å². The molecule has 4 heteroatoms. The van der Waals surface area contributed by atoms with Crippen LogP contribution in [0.5, 0.6) is 0 Å². The van der Waals surface area contributed by atoms with E-state index in [0.717, 1.165) is 12.0 Å². The number of allylic oxidation sites excluding steroid dienone is 3. The van der Waals surface area contributed by atoms with E-state index in [0.29, 0.717) is 6.42 Å². The molecule has 1 unspecified atom stereocenters. The summed E-state index contributed by atoms with van der Waals surface area (Å²) in [7, 11) is -3.50. The lowest BCUT2D eigenvalue weighted by atomic mass is 9.84. The van der Waals surface area contributed by atoms with Crippen molar-refractivity contribution in [2.24, 2.45) is 0 Å². The maximum atomic E-state index is 13.1. The van der Waals surface area contributed by atoms with Crippen molar-refractivity contribution in [3.8, 4) is 0 Å². The highest BCUT2D eigenvalue weighted by atomic mass is 32.2. The van der Waals surface area contributed by atoms with Gasteiger partial charge in [-0.15, -0.1) is 0 Å². The molecular formula is C23H29NO2S. The van der Waals surface area contributed by atoms with E-state index >= 15 is 0 Å². The van der Waals surface area contributed by atoms with Gasteiger partial charge in [0.05, 0.1) is 0 Å². The van der Waals surface area contributed by atoms with Gasteiger partial charge in [-0.25, -0.2) is 8.42 Å². The molecule has 0 N–H and O–H groups in total. The van der Waals surface area contributed by atoms with E-state index in [1.165, 1.54) is 20.7 Å². The van der Waals surface area contributed by atoms with Crippen LogP contribution in [0, 0.1) is 0 Å². The van der Waals surface area contributed by atoms with Gasteiger partial charge in [-0.3, -0.25) is 3.97 Å². The first-order chi connectivity index (χ1) is 12.5. The first-order valence-corrected chi connectivity index (χ1v) is 10.8. The Bertz CT molecular complexity index is 972. The van der Waals surface area contributed by atoms with Gasteiger partial charge in [0.25, 0.3) is 0 Å². The van der Waals surface area contributed by atoms with Crippen LogP contribution in [0.2, 0.25) is 0 Å². The molecule has 0 spiro atoms. The van der Waals surface area contributed by atoms with Crippen LogP contribution < -0.4 is 0 Å². The van der Waals surface area contributed by atoms with Crippen LogP contribution in [0.3, 0.4) is 0 Å². The van der Waals surface area contributed by atoms with Gasteiger partial charge >= 0.3 is 0 Å². The minimum Gasteiger partial charge on any atom is -0.252 e. The van der Waals surface area contributed by atoms with Crippen molar-refractivity contribution in [2.75, 3.05) is 0 Å². The fourth-order valence-electron chi connectivity index (χ4n) is 3.51. The van der Waals surface area contributed by atoms with Crippen molar-refractivity contribution < 1.29 is 8.42 Å². The van der Waals surface area contributed by atoms with Gasteiger partial charge in [-0.2, -0.15) is 0 Å². The van der Waals surface area contributed by atoms with Crippen molar-refractivity contribution in [3.05, 3.63) is 83.2 Å². The Morgan fingerprint density at radius 3 is 2.22 bits per heavy atom. The van der Waals surface area contributed by atoms with E-state index in [1.54, 1.807) is 24.5 Å². The first-order valence-electron chi connectivity index (χ1n) is 9.38. The SMILES string of the molecule is CC1=C(Cc2ccc(C(C)(C)C)cc2)CC(C)(S(=O)(=O)n2cccc2)C=C1. The molecule has 0 fully saturated rings. The summed E-state index contributed by atoms with van der Waals surface area (Å²) in [5, 5.41) is 0. The number of nitrogens with zero attached hydrogens (tertiary/aromatic N) is 1. The second-order valence-corrected chi connectivity index (χ2v) is 11.1. The molecule has 0 radical (unpaired) electrons. The quantitative estimate of drug-likeness (QED) is 0.724. The average molecular weight is 384 g/mol. The molecule has 1 atom stereocenters. The van der Waals surface area contributed by atoms with Crippen molar-refractivity contribution in [1.82, 2.24) is 3.97 Å². The third-order valence-electron chi connectivity index (χ3n) is 5.49. The van der Waals surface area contributed by atoms with Crippen molar-refractivity contribution in [3.63, 3.8) is 0 Å². The Hall–Kier alpha value is -2.07. The fourth-order valence-corrected chi connectivity index (χ4v) is 5.05. The second kappa shape index (κ2) is 6.83. The van der Waals surface area contributed by atoms with Crippen LogP contribution in [0.4, 0.5) is 0 Å². The standard InChI is InChI=1S/C23H29NO2S/c1-18-12-13-23(5,27(25,26)24-14-6-7-15-24)17-20(18)16-19-8-10-21(11-9-19)22(2,3)4/h6-15H,16-17H2,1-5H3. The molecule has 1 aliphatic carbocycles. The van der Waals surface area contributed by atoms with Crippen LogP contribution in [-0.2, 0) is 21.9 Å². The molecule has 27 heavy (non-hydrogen) atoms. The first kappa shape index (κ1) is 19.7. The van der Waals surface area contributed by atoms with E-state index in [-0.39, 0.29) is 5.41 Å². The molecule has 0 aliphatic heterocycles. The third kappa shape index (κ3) is 3.81. The molecule has 0 bridgehead atoms. The maximum absolute atomic E-state index is 13.1. The fraction of sp³-hybridized carbons (Fsp3) is 0.391. The molecule has 0 saturated heterocycles. The summed E-state index contributed by atoms with van der Waals surface area (Å²) >= 11 is 0. The van der Waals surface area contributed by atoms with Gasteiger partial charge in [-0.1, -0.05) is 68.3 Å². The van der Waals surface area contributed by atoms with Crippen LogP contribution in [0.1, 0.15) is 52.2 Å². The highest BCUT2D eigenvalue weighted by Gasteiger charge is 2.40. The Labute approximate surface area is 163 Å². The lowest BCUT2D eigenvalue weighted by Gasteiger charge is -2.31. The summed E-state index contributed by atoms with van der Waals surface area (Å²) in [6.45, 7) is 10.5. The van der Waals surface area contributed by atoms with Crippen molar-refractivity contribution in [2.45, 2.75) is 57.6 Å². The minimum atomic E-state index is -3.50. The van der Waals surface area contributed by atoms with Crippen LogP contribution in [-0.4, -0.2) is 17.1 Å². The van der Waals surface area contributed by atoms with Crippen LogP contribution in [0.25, 0.3) is 0 Å². The van der Waals surface area contributed by atoms with Gasteiger partial charge in [0.2, 0.25) is 10.0 Å². The monoisotopic (exact) mass is 383 g/mol. The zero-order chi connectivity index (χ0) is 19.9. The zero-order valence-corrected chi connectivity index (χ0v) is 17.7. The predicted octanol–water partition coefficient (Wildman–Crippen LogP) is 5.24. The molecule has 0 saturated carbocycles. The smallest absolute Gasteiger partial charge is 0.247 e. The third-order valence-corrected chi connectivity index (χ3v) is 7.75. The van der Waals surface area contributed by atoms with Gasteiger partial charge in [0.1, 0.15) is 4.75 Å². The van der Waals surface area contributed by atoms with Gasteiger partial charge in [-0.05, 0) is 55.4 Å². The van der Waals surface area contributed by atoms with E-state index in [9.17, 15) is 8.42 Å². The Kier molecular flexibility index (Phi) is 4.98.